The summed E-state index contributed by atoms with van der Waals surface area (Å²) in [4.78, 5) is 0. The van der Waals surface area contributed by atoms with Crippen LogP contribution in [0, 0.1) is 6.92 Å². The maximum Gasteiger partial charge on any atom is 0.133 e. The first kappa shape index (κ1) is 7.80. The van der Waals surface area contributed by atoms with Crippen LogP contribution in [0.25, 0.3) is 0 Å². The van der Waals surface area contributed by atoms with Gasteiger partial charge in [0, 0.05) is 18.0 Å². The molecule has 1 aliphatic rings. The largest absolute Gasteiger partial charge is 0.361 e. The van der Waals surface area contributed by atoms with Gasteiger partial charge in [0.25, 0.3) is 0 Å². The minimum atomic E-state index is 0.337. The van der Waals surface area contributed by atoms with Gasteiger partial charge in [0.1, 0.15) is 5.76 Å². The van der Waals surface area contributed by atoms with Crippen LogP contribution in [0.4, 0.5) is 0 Å². The number of likely N-dealkylation sites (N-methyl/N-ethyl adjacent to an activating group) is 1. The van der Waals surface area contributed by atoms with E-state index in [9.17, 15) is 0 Å². The first-order valence-corrected chi connectivity index (χ1v) is 4.35. The van der Waals surface area contributed by atoms with E-state index in [1.54, 1.807) is 0 Å². The second-order valence-corrected chi connectivity index (χ2v) is 3.64. The molecule has 1 aliphatic carbocycles. The molecule has 0 saturated heterocycles. The predicted octanol–water partition coefficient (Wildman–Crippen LogP) is 1.28. The van der Waals surface area contributed by atoms with Gasteiger partial charge in [-0.3, -0.25) is 0 Å². The highest BCUT2D eigenvalue weighted by Crippen LogP contribution is 2.37. The van der Waals surface area contributed by atoms with Crippen molar-refractivity contribution in [2.45, 2.75) is 31.7 Å². The lowest BCUT2D eigenvalue weighted by atomic mass is 10.1. The molecule has 12 heavy (non-hydrogen) atoms. The molecule has 0 aromatic carbocycles. The molecule has 0 aliphatic heterocycles. The fraction of sp³-hybridized carbons (Fsp3) is 0.667. The second-order valence-electron chi connectivity index (χ2n) is 3.64. The Hall–Kier alpha value is -0.830. The summed E-state index contributed by atoms with van der Waals surface area (Å²) in [5.74, 6) is 0.900. The van der Waals surface area contributed by atoms with Gasteiger partial charge in [-0.25, -0.2) is 0 Å². The van der Waals surface area contributed by atoms with Gasteiger partial charge in [0.15, 0.2) is 0 Å². The van der Waals surface area contributed by atoms with Gasteiger partial charge in [-0.05, 0) is 26.8 Å². The first-order valence-electron chi connectivity index (χ1n) is 4.35. The van der Waals surface area contributed by atoms with E-state index in [1.807, 2.05) is 20.0 Å². The molecule has 3 heteroatoms. The van der Waals surface area contributed by atoms with Crippen LogP contribution in [0.1, 0.15) is 24.3 Å². The Morgan fingerprint density at radius 1 is 1.67 bits per heavy atom. The van der Waals surface area contributed by atoms with Gasteiger partial charge in [-0.1, -0.05) is 5.16 Å². The number of nitrogens with zero attached hydrogens (tertiary/aromatic N) is 1. The minimum absolute atomic E-state index is 0.337. The Balaban J connectivity index is 2.04. The standard InChI is InChI=1S/C9H14N2O/c1-7-5-8(11-12-7)6-9(10-2)3-4-9/h5,10H,3-4,6H2,1-2H3. The molecular formula is C9H14N2O. The van der Waals surface area contributed by atoms with Crippen molar-refractivity contribution in [3.63, 3.8) is 0 Å². The van der Waals surface area contributed by atoms with Crippen LogP contribution in [0.2, 0.25) is 0 Å². The Morgan fingerprint density at radius 2 is 2.42 bits per heavy atom. The third-order valence-electron chi connectivity index (χ3n) is 2.58. The van der Waals surface area contributed by atoms with Crippen molar-refractivity contribution in [2.24, 2.45) is 0 Å². The van der Waals surface area contributed by atoms with Crippen molar-refractivity contribution in [3.05, 3.63) is 17.5 Å². The van der Waals surface area contributed by atoms with Gasteiger partial charge in [-0.15, -0.1) is 0 Å². The minimum Gasteiger partial charge on any atom is -0.361 e. The van der Waals surface area contributed by atoms with E-state index in [1.165, 1.54) is 12.8 Å². The molecule has 66 valence electrons. The monoisotopic (exact) mass is 166 g/mol. The van der Waals surface area contributed by atoms with E-state index in [0.717, 1.165) is 17.9 Å². The predicted molar refractivity (Wildman–Crippen MR) is 46.0 cm³/mol. The van der Waals surface area contributed by atoms with Gasteiger partial charge in [0.2, 0.25) is 0 Å². The average Bonchev–Trinajstić information content (AvgIpc) is 2.71. The van der Waals surface area contributed by atoms with Crippen molar-refractivity contribution < 1.29 is 4.52 Å². The topological polar surface area (TPSA) is 38.1 Å². The molecule has 0 unspecified atom stereocenters. The van der Waals surface area contributed by atoms with Crippen molar-refractivity contribution in [3.8, 4) is 0 Å². The summed E-state index contributed by atoms with van der Waals surface area (Å²) in [7, 11) is 2.01. The van der Waals surface area contributed by atoms with Crippen molar-refractivity contribution in [1.29, 1.82) is 0 Å². The van der Waals surface area contributed by atoms with Crippen LogP contribution in [0.5, 0.6) is 0 Å². The van der Waals surface area contributed by atoms with Gasteiger partial charge in [0.05, 0.1) is 5.69 Å². The Labute approximate surface area is 72.1 Å². The van der Waals surface area contributed by atoms with Crippen LogP contribution in [-0.2, 0) is 6.42 Å². The summed E-state index contributed by atoms with van der Waals surface area (Å²) in [5, 5.41) is 7.30. The maximum atomic E-state index is 5.00. The highest BCUT2D eigenvalue weighted by Gasteiger charge is 2.41. The molecule has 0 spiro atoms. The molecule has 1 heterocycles. The highest BCUT2D eigenvalue weighted by atomic mass is 16.5. The van der Waals surface area contributed by atoms with Crippen LogP contribution in [-0.4, -0.2) is 17.7 Å². The smallest absolute Gasteiger partial charge is 0.133 e. The normalized spacial score (nSPS) is 19.5. The van der Waals surface area contributed by atoms with Crippen molar-refractivity contribution in [1.82, 2.24) is 10.5 Å². The molecule has 2 rings (SSSR count). The van der Waals surface area contributed by atoms with Crippen LogP contribution >= 0.6 is 0 Å². The molecule has 1 saturated carbocycles. The van der Waals surface area contributed by atoms with E-state index in [4.69, 9.17) is 4.52 Å². The molecular weight excluding hydrogens is 152 g/mol. The first-order chi connectivity index (χ1) is 5.74. The molecule has 0 amide bonds. The molecule has 0 atom stereocenters. The van der Waals surface area contributed by atoms with Crippen molar-refractivity contribution >= 4 is 0 Å². The second kappa shape index (κ2) is 2.59. The lowest BCUT2D eigenvalue weighted by Crippen LogP contribution is -2.29. The zero-order valence-electron chi connectivity index (χ0n) is 7.55. The summed E-state index contributed by atoms with van der Waals surface area (Å²) in [6.45, 7) is 1.93. The third kappa shape index (κ3) is 1.37. The number of aryl methyl sites for hydroxylation is 1. The van der Waals surface area contributed by atoms with Gasteiger partial charge >= 0.3 is 0 Å². The zero-order valence-corrected chi connectivity index (χ0v) is 7.55. The quantitative estimate of drug-likeness (QED) is 0.735. The maximum absolute atomic E-state index is 5.00. The SMILES string of the molecule is CNC1(Cc2cc(C)on2)CC1. The van der Waals surface area contributed by atoms with Crippen LogP contribution in [0.3, 0.4) is 0 Å². The Kier molecular flexibility index (Phi) is 1.68. The highest BCUT2D eigenvalue weighted by molar-refractivity contribution is 5.13. The summed E-state index contributed by atoms with van der Waals surface area (Å²) in [5.41, 5.74) is 1.41. The zero-order chi connectivity index (χ0) is 8.60. The summed E-state index contributed by atoms with van der Waals surface area (Å²) in [6.07, 6.45) is 3.52. The van der Waals surface area contributed by atoms with Crippen molar-refractivity contribution in [2.75, 3.05) is 7.05 Å². The molecule has 0 radical (unpaired) electrons. The van der Waals surface area contributed by atoms with E-state index >= 15 is 0 Å². The molecule has 1 aromatic rings. The fourth-order valence-electron chi connectivity index (χ4n) is 1.51. The van der Waals surface area contributed by atoms with E-state index in [2.05, 4.69) is 10.5 Å². The van der Waals surface area contributed by atoms with E-state index in [-0.39, 0.29) is 0 Å². The number of hydrogen-bond acceptors (Lipinski definition) is 3. The van der Waals surface area contributed by atoms with Gasteiger partial charge < -0.3 is 9.84 Å². The molecule has 3 nitrogen and oxygen atoms in total. The van der Waals surface area contributed by atoms with Crippen LogP contribution in [0.15, 0.2) is 10.6 Å². The Bertz CT molecular complexity index is 276. The molecule has 1 fully saturated rings. The number of aromatic nitrogens is 1. The van der Waals surface area contributed by atoms with Crippen LogP contribution < -0.4 is 5.32 Å². The summed E-state index contributed by atoms with van der Waals surface area (Å²) >= 11 is 0. The number of hydrogen-bond donors (Lipinski definition) is 1. The van der Waals surface area contributed by atoms with E-state index in [0.29, 0.717) is 5.54 Å². The molecule has 1 N–H and O–H groups in total. The van der Waals surface area contributed by atoms with Gasteiger partial charge in [-0.2, -0.15) is 0 Å². The fourth-order valence-corrected chi connectivity index (χ4v) is 1.51. The molecule has 0 bridgehead atoms. The average molecular weight is 166 g/mol. The lowest BCUT2D eigenvalue weighted by Gasteiger charge is -2.10. The third-order valence-corrected chi connectivity index (χ3v) is 2.58. The number of nitrogens with one attached hydrogen (secondary N) is 1. The molecule has 1 aromatic heterocycles. The summed E-state index contributed by atoms with van der Waals surface area (Å²) in [6, 6.07) is 2.01. The summed E-state index contributed by atoms with van der Waals surface area (Å²) < 4.78 is 5.00. The lowest BCUT2D eigenvalue weighted by molar-refractivity contribution is 0.385. The Morgan fingerprint density at radius 3 is 2.83 bits per heavy atom. The van der Waals surface area contributed by atoms with E-state index < -0.39 is 0 Å². The number of rotatable bonds is 3.